The van der Waals surface area contributed by atoms with Crippen LogP contribution in [-0.4, -0.2) is 107 Å². The number of amidine groups is 2. The van der Waals surface area contributed by atoms with Gasteiger partial charge in [-0.25, -0.2) is 9.37 Å². The lowest BCUT2D eigenvalue weighted by molar-refractivity contribution is -0.552. The fraction of sp³-hybridized carbons (Fsp3) is 0.400. The molecule has 0 N–H and O–H groups in total. The number of hydrogen-bond donors (Lipinski definition) is 0. The number of hydrogen-bond acceptors (Lipinski definition) is 6. The molecular weight excluding hydrogens is 448 g/mol. The summed E-state index contributed by atoms with van der Waals surface area (Å²) in [5.74, 6) is 1.18. The maximum atomic E-state index is 13.2. The van der Waals surface area contributed by atoms with Crippen molar-refractivity contribution >= 4 is 29.5 Å². The van der Waals surface area contributed by atoms with E-state index in [2.05, 4.69) is 17.0 Å². The summed E-state index contributed by atoms with van der Waals surface area (Å²) in [7, 11) is 3.17. The Morgan fingerprint density at radius 1 is 1.06 bits per heavy atom. The van der Waals surface area contributed by atoms with Crippen molar-refractivity contribution in [1.82, 2.24) is 19.6 Å². The van der Waals surface area contributed by atoms with Crippen LogP contribution >= 0.6 is 0 Å². The number of aryl methyl sites for hydroxylation is 1. The van der Waals surface area contributed by atoms with Gasteiger partial charge in [-0.05, 0) is 29.6 Å². The van der Waals surface area contributed by atoms with Gasteiger partial charge >= 0.3 is 11.9 Å². The minimum atomic E-state index is -0.638. The predicted octanol–water partition coefficient (Wildman–Crippen LogP) is 1.26. The maximum Gasteiger partial charge on any atom is 0.333 e. The summed E-state index contributed by atoms with van der Waals surface area (Å²) in [4.78, 5) is 49.7. The van der Waals surface area contributed by atoms with Gasteiger partial charge in [0, 0.05) is 40.3 Å². The zero-order valence-electron chi connectivity index (χ0n) is 20.2. The number of imide groups is 1. The van der Waals surface area contributed by atoms with E-state index in [0.717, 1.165) is 21.9 Å². The third-order valence-corrected chi connectivity index (χ3v) is 6.84. The molecule has 35 heavy (non-hydrogen) atoms. The topological polar surface area (TPSA) is 92.7 Å². The van der Waals surface area contributed by atoms with E-state index in [9.17, 15) is 14.4 Å². The Morgan fingerprint density at radius 3 is 2.43 bits per heavy atom. The monoisotopic (exact) mass is 477 g/mol. The minimum absolute atomic E-state index is 0.107. The van der Waals surface area contributed by atoms with Crippen LogP contribution < -0.4 is 0 Å². The van der Waals surface area contributed by atoms with Gasteiger partial charge in [-0.2, -0.15) is 0 Å². The van der Waals surface area contributed by atoms with Crippen molar-refractivity contribution in [2.45, 2.75) is 19.5 Å². The summed E-state index contributed by atoms with van der Waals surface area (Å²) in [6.45, 7) is 5.56. The number of amides is 4. The van der Waals surface area contributed by atoms with Crippen molar-refractivity contribution in [3.8, 4) is 0 Å². The van der Waals surface area contributed by atoms with Crippen LogP contribution in [0, 0.1) is 6.92 Å². The number of urea groups is 1. The molecule has 1 atom stereocenters. The zero-order chi connectivity index (χ0) is 24.7. The SMILES string of the molecule is Cc1ccc(C[N+]2=C(CN3CCN(C(=O)c4ccco4)CC3)N=C3C2C(=O)N(C)C(=O)N3C)cc1. The number of piperazine rings is 1. The lowest BCUT2D eigenvalue weighted by Gasteiger charge is -2.33. The Labute approximate surface area is 203 Å². The van der Waals surface area contributed by atoms with Crippen LogP contribution in [0.15, 0.2) is 52.1 Å². The summed E-state index contributed by atoms with van der Waals surface area (Å²) in [6, 6.07) is 10.6. The predicted molar refractivity (Wildman–Crippen MR) is 128 cm³/mol. The van der Waals surface area contributed by atoms with E-state index in [1.807, 2.05) is 23.6 Å². The van der Waals surface area contributed by atoms with E-state index in [-0.39, 0.29) is 17.8 Å². The van der Waals surface area contributed by atoms with Crippen molar-refractivity contribution in [2.24, 2.45) is 4.99 Å². The number of likely N-dealkylation sites (N-methyl/N-ethyl adjacent to an activating group) is 2. The average molecular weight is 478 g/mol. The minimum Gasteiger partial charge on any atom is -0.459 e. The number of aliphatic imine (C=N–C) groups is 1. The summed E-state index contributed by atoms with van der Waals surface area (Å²) in [5, 5.41) is 0. The zero-order valence-corrected chi connectivity index (χ0v) is 20.2. The van der Waals surface area contributed by atoms with Crippen molar-refractivity contribution in [2.75, 3.05) is 46.8 Å². The van der Waals surface area contributed by atoms with Crippen molar-refractivity contribution in [3.63, 3.8) is 0 Å². The van der Waals surface area contributed by atoms with E-state index in [1.54, 1.807) is 24.1 Å². The lowest BCUT2D eigenvalue weighted by Crippen LogP contribution is -2.61. The molecular formula is C25H29N6O4+. The summed E-state index contributed by atoms with van der Waals surface area (Å²) in [6.07, 6.45) is 1.50. The van der Waals surface area contributed by atoms with E-state index in [0.29, 0.717) is 50.9 Å². The molecule has 10 heteroatoms. The number of fused-ring (bicyclic) bond motifs is 1. The molecule has 3 aliphatic rings. The molecule has 1 aromatic heterocycles. The third kappa shape index (κ3) is 4.25. The summed E-state index contributed by atoms with van der Waals surface area (Å²) < 4.78 is 7.25. The maximum absolute atomic E-state index is 13.2. The summed E-state index contributed by atoms with van der Waals surface area (Å²) >= 11 is 0. The fourth-order valence-corrected chi connectivity index (χ4v) is 4.71. The van der Waals surface area contributed by atoms with E-state index in [4.69, 9.17) is 9.41 Å². The van der Waals surface area contributed by atoms with Gasteiger partial charge in [0.05, 0.1) is 6.26 Å². The van der Waals surface area contributed by atoms with Crippen LogP contribution in [0.25, 0.3) is 0 Å². The summed E-state index contributed by atoms with van der Waals surface area (Å²) in [5.41, 5.74) is 2.23. The molecule has 2 fully saturated rings. The molecule has 0 radical (unpaired) electrons. The van der Waals surface area contributed by atoms with Crippen LogP contribution in [0.2, 0.25) is 0 Å². The van der Waals surface area contributed by atoms with Crippen molar-refractivity contribution in [3.05, 3.63) is 59.5 Å². The highest BCUT2D eigenvalue weighted by molar-refractivity contribution is 6.23. The molecule has 3 aliphatic heterocycles. The molecule has 0 saturated carbocycles. The van der Waals surface area contributed by atoms with Gasteiger partial charge in [-0.15, -0.1) is 0 Å². The normalized spacial score (nSPS) is 21.1. The second-order valence-electron chi connectivity index (χ2n) is 9.19. The van der Waals surface area contributed by atoms with Gasteiger partial charge < -0.3 is 9.32 Å². The number of carbonyl (C=O) groups is 3. The van der Waals surface area contributed by atoms with Gasteiger partial charge in [0.2, 0.25) is 0 Å². The van der Waals surface area contributed by atoms with Gasteiger partial charge in [-0.1, -0.05) is 29.8 Å². The van der Waals surface area contributed by atoms with Crippen LogP contribution in [-0.2, 0) is 11.3 Å². The van der Waals surface area contributed by atoms with Gasteiger partial charge in [-0.3, -0.25) is 24.3 Å². The van der Waals surface area contributed by atoms with Crippen LogP contribution in [0.3, 0.4) is 0 Å². The molecule has 2 aromatic rings. The Balaban J connectivity index is 1.37. The second kappa shape index (κ2) is 9.10. The first-order chi connectivity index (χ1) is 16.8. The van der Waals surface area contributed by atoms with Crippen LogP contribution in [0.1, 0.15) is 21.7 Å². The van der Waals surface area contributed by atoms with E-state index >= 15 is 0 Å². The molecule has 4 heterocycles. The molecule has 4 amide bonds. The Bertz CT molecular complexity index is 1210. The van der Waals surface area contributed by atoms with Crippen molar-refractivity contribution in [1.29, 1.82) is 0 Å². The lowest BCUT2D eigenvalue weighted by atomic mass is 10.1. The molecule has 10 nitrogen and oxygen atoms in total. The van der Waals surface area contributed by atoms with E-state index < -0.39 is 6.04 Å². The molecule has 0 spiro atoms. The number of furan rings is 1. The van der Waals surface area contributed by atoms with Crippen molar-refractivity contribution < 1.29 is 23.4 Å². The van der Waals surface area contributed by atoms with Gasteiger partial charge in [0.15, 0.2) is 5.76 Å². The van der Waals surface area contributed by atoms with E-state index in [1.165, 1.54) is 18.2 Å². The molecule has 182 valence electrons. The number of rotatable bonds is 5. The largest absolute Gasteiger partial charge is 0.459 e. The van der Waals surface area contributed by atoms with Gasteiger partial charge in [0.25, 0.3) is 23.7 Å². The highest BCUT2D eigenvalue weighted by atomic mass is 16.3. The Kier molecular flexibility index (Phi) is 5.98. The number of benzene rings is 1. The fourth-order valence-electron chi connectivity index (χ4n) is 4.71. The Hall–Kier alpha value is -3.79. The molecule has 1 aromatic carbocycles. The van der Waals surface area contributed by atoms with Crippen LogP contribution in [0.4, 0.5) is 4.79 Å². The standard InChI is InChI=1S/C25H29N6O4/c1-17-6-8-18(9-7-17)15-31-20(26-22-21(31)24(33)28(3)25(34)27(22)2)16-29-10-12-30(13-11-29)23(32)19-5-4-14-35-19/h4-9,14,21H,10-13,15-16H2,1-3H3/q+1. The highest BCUT2D eigenvalue weighted by Gasteiger charge is 2.53. The Morgan fingerprint density at radius 2 is 1.77 bits per heavy atom. The second-order valence-corrected chi connectivity index (χ2v) is 9.19. The van der Waals surface area contributed by atoms with Crippen LogP contribution in [0.5, 0.6) is 0 Å². The van der Waals surface area contributed by atoms with Gasteiger partial charge in [0.1, 0.15) is 13.1 Å². The number of nitrogens with zero attached hydrogens (tertiary/aromatic N) is 6. The first kappa shape index (κ1) is 23.0. The molecule has 0 bridgehead atoms. The highest BCUT2D eigenvalue weighted by Crippen LogP contribution is 2.21. The first-order valence-corrected chi connectivity index (χ1v) is 11.7. The molecule has 0 aliphatic carbocycles. The number of carbonyl (C=O) groups excluding carboxylic acids is 3. The third-order valence-electron chi connectivity index (χ3n) is 6.84. The molecule has 5 rings (SSSR count). The molecule has 2 saturated heterocycles. The first-order valence-electron chi connectivity index (χ1n) is 11.7. The smallest absolute Gasteiger partial charge is 0.333 e. The molecule has 1 unspecified atom stereocenters. The average Bonchev–Trinajstić information content (AvgIpc) is 3.52. The quantitative estimate of drug-likeness (QED) is 0.605.